The average Bonchev–Trinajstić information content (AvgIpc) is 2.74. The summed E-state index contributed by atoms with van der Waals surface area (Å²) in [6.45, 7) is 3.12. The maximum absolute atomic E-state index is 6.19. The molecule has 0 amide bonds. The molecule has 0 aliphatic heterocycles. The lowest BCUT2D eigenvalue weighted by molar-refractivity contribution is 0.604. The van der Waals surface area contributed by atoms with Crippen LogP contribution < -0.4 is 5.32 Å². The molecule has 108 valence electrons. The molecule has 1 unspecified atom stereocenters. The minimum absolute atomic E-state index is 0.135. The monoisotopic (exact) mass is 499 g/mol. The number of benzene rings is 1. The molecule has 1 nitrogen and oxygen atoms in total. The first-order valence-electron chi connectivity index (χ1n) is 6.16. The van der Waals surface area contributed by atoms with Gasteiger partial charge in [0.25, 0.3) is 0 Å². The molecule has 0 radical (unpaired) electrons. The van der Waals surface area contributed by atoms with Crippen LogP contribution in [0.2, 0.25) is 4.34 Å². The molecule has 1 aromatic heterocycles. The highest BCUT2D eigenvalue weighted by molar-refractivity contribution is 9.11. The summed E-state index contributed by atoms with van der Waals surface area (Å²) >= 11 is 18.5. The molecule has 1 N–H and O–H groups in total. The van der Waals surface area contributed by atoms with E-state index in [0.29, 0.717) is 0 Å². The first kappa shape index (κ1) is 17.0. The molecular formula is C14H13Br3ClNS. The lowest BCUT2D eigenvalue weighted by Gasteiger charge is -2.19. The molecule has 2 rings (SSSR count). The SMILES string of the molecule is CCCNC(c1cc(Br)c(Cl)s1)c1cc(Br)ccc1Br. The van der Waals surface area contributed by atoms with Crippen LogP contribution in [-0.4, -0.2) is 6.54 Å². The van der Waals surface area contributed by atoms with Crippen LogP contribution >= 0.6 is 70.7 Å². The van der Waals surface area contributed by atoms with Crippen LogP contribution in [0, 0.1) is 0 Å². The zero-order valence-corrected chi connectivity index (χ0v) is 17.1. The first-order valence-corrected chi connectivity index (χ1v) is 9.73. The molecule has 0 fully saturated rings. The van der Waals surface area contributed by atoms with Crippen LogP contribution in [0.3, 0.4) is 0 Å². The highest BCUT2D eigenvalue weighted by Crippen LogP contribution is 2.39. The smallest absolute Gasteiger partial charge is 0.107 e. The van der Waals surface area contributed by atoms with E-state index in [9.17, 15) is 0 Å². The highest BCUT2D eigenvalue weighted by atomic mass is 79.9. The van der Waals surface area contributed by atoms with Crippen molar-refractivity contribution in [3.05, 3.63) is 52.5 Å². The molecule has 20 heavy (non-hydrogen) atoms. The Kier molecular flexibility index (Phi) is 6.57. The van der Waals surface area contributed by atoms with Crippen LogP contribution in [-0.2, 0) is 0 Å². The minimum atomic E-state index is 0.135. The van der Waals surface area contributed by atoms with Crippen LogP contribution in [0.4, 0.5) is 0 Å². The molecule has 1 heterocycles. The Morgan fingerprint density at radius 3 is 2.55 bits per heavy atom. The summed E-state index contributed by atoms with van der Waals surface area (Å²) in [6.07, 6.45) is 1.09. The number of halogens is 4. The molecular weight excluding hydrogens is 489 g/mol. The molecule has 1 aromatic carbocycles. The quantitative estimate of drug-likeness (QED) is 0.476. The second kappa shape index (κ2) is 7.75. The molecule has 2 aromatic rings. The van der Waals surface area contributed by atoms with Crippen molar-refractivity contribution in [3.8, 4) is 0 Å². The largest absolute Gasteiger partial charge is 0.306 e. The van der Waals surface area contributed by atoms with Gasteiger partial charge < -0.3 is 5.32 Å². The Balaban J connectivity index is 2.43. The Hall–Kier alpha value is 0.610. The minimum Gasteiger partial charge on any atom is -0.306 e. The van der Waals surface area contributed by atoms with E-state index in [1.165, 1.54) is 10.4 Å². The maximum atomic E-state index is 6.19. The van der Waals surface area contributed by atoms with Crippen LogP contribution in [0.15, 0.2) is 37.7 Å². The van der Waals surface area contributed by atoms with Gasteiger partial charge in [0.05, 0.1) is 6.04 Å². The van der Waals surface area contributed by atoms with E-state index in [0.717, 1.165) is 30.7 Å². The van der Waals surface area contributed by atoms with E-state index in [4.69, 9.17) is 11.6 Å². The fourth-order valence-electron chi connectivity index (χ4n) is 1.89. The standard InChI is InChI=1S/C14H13Br3ClNS/c1-2-5-19-13(12-7-11(17)14(18)20-12)9-6-8(15)3-4-10(9)16/h3-4,6-7,13,19H,2,5H2,1H3. The first-order chi connectivity index (χ1) is 9.52. The molecule has 0 spiro atoms. The van der Waals surface area contributed by atoms with Gasteiger partial charge in [-0.1, -0.05) is 50.4 Å². The second-order valence-electron chi connectivity index (χ2n) is 4.32. The van der Waals surface area contributed by atoms with Crippen molar-refractivity contribution < 1.29 is 0 Å². The fourth-order valence-corrected chi connectivity index (χ4v) is 4.58. The van der Waals surface area contributed by atoms with E-state index in [1.807, 2.05) is 6.07 Å². The van der Waals surface area contributed by atoms with Crippen molar-refractivity contribution in [2.24, 2.45) is 0 Å². The summed E-state index contributed by atoms with van der Waals surface area (Å²) in [5.74, 6) is 0. The topological polar surface area (TPSA) is 12.0 Å². The van der Waals surface area contributed by atoms with Gasteiger partial charge in [-0.2, -0.15) is 0 Å². The summed E-state index contributed by atoms with van der Waals surface area (Å²) < 4.78 is 3.90. The number of hydrogen-bond donors (Lipinski definition) is 1. The van der Waals surface area contributed by atoms with E-state index in [1.54, 1.807) is 11.3 Å². The summed E-state index contributed by atoms with van der Waals surface area (Å²) in [5, 5.41) is 3.59. The summed E-state index contributed by atoms with van der Waals surface area (Å²) in [7, 11) is 0. The summed E-state index contributed by atoms with van der Waals surface area (Å²) in [6, 6.07) is 8.45. The Morgan fingerprint density at radius 1 is 1.20 bits per heavy atom. The third-order valence-electron chi connectivity index (χ3n) is 2.82. The van der Waals surface area contributed by atoms with Gasteiger partial charge in [-0.05, 0) is 58.7 Å². The number of hydrogen-bond acceptors (Lipinski definition) is 2. The third kappa shape index (κ3) is 4.08. The van der Waals surface area contributed by atoms with Gasteiger partial charge in [0.1, 0.15) is 4.34 Å². The van der Waals surface area contributed by atoms with E-state index < -0.39 is 0 Å². The summed E-state index contributed by atoms with van der Waals surface area (Å²) in [4.78, 5) is 1.20. The lowest BCUT2D eigenvalue weighted by Crippen LogP contribution is -2.22. The number of nitrogens with one attached hydrogen (secondary N) is 1. The Labute approximate surface area is 153 Å². The van der Waals surface area contributed by atoms with Crippen molar-refractivity contribution in [2.75, 3.05) is 6.54 Å². The molecule has 6 heteroatoms. The van der Waals surface area contributed by atoms with Gasteiger partial charge in [0, 0.05) is 18.3 Å². The molecule has 0 saturated carbocycles. The van der Waals surface area contributed by atoms with E-state index in [2.05, 4.69) is 78.2 Å². The maximum Gasteiger partial charge on any atom is 0.107 e. The Morgan fingerprint density at radius 2 is 1.95 bits per heavy atom. The second-order valence-corrected chi connectivity index (χ2v) is 8.63. The Bertz CT molecular complexity index is 581. The van der Waals surface area contributed by atoms with Crippen LogP contribution in [0.1, 0.15) is 29.8 Å². The highest BCUT2D eigenvalue weighted by Gasteiger charge is 2.20. The third-order valence-corrected chi connectivity index (χ3v) is 6.57. The van der Waals surface area contributed by atoms with Gasteiger partial charge in [-0.15, -0.1) is 11.3 Å². The molecule has 0 saturated heterocycles. The number of rotatable bonds is 5. The van der Waals surface area contributed by atoms with Crippen molar-refractivity contribution in [1.29, 1.82) is 0 Å². The zero-order valence-electron chi connectivity index (χ0n) is 10.7. The molecule has 0 aliphatic carbocycles. The normalized spacial score (nSPS) is 12.7. The molecule has 0 bridgehead atoms. The van der Waals surface area contributed by atoms with Gasteiger partial charge in [-0.25, -0.2) is 0 Å². The number of thiophene rings is 1. The zero-order chi connectivity index (χ0) is 14.7. The van der Waals surface area contributed by atoms with Gasteiger partial charge in [0.2, 0.25) is 0 Å². The summed E-state index contributed by atoms with van der Waals surface area (Å²) in [5.41, 5.74) is 1.21. The predicted octanol–water partition coefficient (Wildman–Crippen LogP) is 6.78. The van der Waals surface area contributed by atoms with Crippen LogP contribution in [0.25, 0.3) is 0 Å². The van der Waals surface area contributed by atoms with Crippen molar-refractivity contribution in [2.45, 2.75) is 19.4 Å². The lowest BCUT2D eigenvalue weighted by atomic mass is 10.1. The fraction of sp³-hybridized carbons (Fsp3) is 0.286. The van der Waals surface area contributed by atoms with Gasteiger partial charge in [0.15, 0.2) is 0 Å². The predicted molar refractivity (Wildman–Crippen MR) is 99.0 cm³/mol. The van der Waals surface area contributed by atoms with Crippen molar-refractivity contribution in [1.82, 2.24) is 5.32 Å². The molecule has 1 atom stereocenters. The van der Waals surface area contributed by atoms with Crippen LogP contribution in [0.5, 0.6) is 0 Å². The van der Waals surface area contributed by atoms with Gasteiger partial charge >= 0.3 is 0 Å². The molecule has 0 aliphatic rings. The average molecular weight is 502 g/mol. The van der Waals surface area contributed by atoms with Crippen molar-refractivity contribution >= 4 is 70.7 Å². The van der Waals surface area contributed by atoms with Crippen molar-refractivity contribution in [3.63, 3.8) is 0 Å². The van der Waals surface area contributed by atoms with Gasteiger partial charge in [-0.3, -0.25) is 0 Å². The van der Waals surface area contributed by atoms with E-state index >= 15 is 0 Å². The van der Waals surface area contributed by atoms with E-state index in [-0.39, 0.29) is 6.04 Å².